The van der Waals surface area contributed by atoms with Crippen LogP contribution in [0.5, 0.6) is 0 Å². The summed E-state index contributed by atoms with van der Waals surface area (Å²) in [6.07, 6.45) is 5.66. The molecule has 1 aromatic heterocycles. The number of anilines is 2. The van der Waals surface area contributed by atoms with Gasteiger partial charge in [0.05, 0.1) is 10.7 Å². The Labute approximate surface area is 161 Å². The van der Waals surface area contributed by atoms with Crippen LogP contribution in [0.1, 0.15) is 37.8 Å². The summed E-state index contributed by atoms with van der Waals surface area (Å²) in [5.74, 6) is 0.900. The largest absolute Gasteiger partial charge is 0.320 e. The van der Waals surface area contributed by atoms with E-state index in [1.165, 1.54) is 0 Å². The summed E-state index contributed by atoms with van der Waals surface area (Å²) in [7, 11) is 0. The average molecular weight is 399 g/mol. The molecule has 1 fully saturated rings. The van der Waals surface area contributed by atoms with Gasteiger partial charge in [0.15, 0.2) is 0 Å². The van der Waals surface area contributed by atoms with Crippen LogP contribution >= 0.6 is 34.8 Å². The molecule has 0 N–H and O–H groups in total. The molecular weight excluding hydrogens is 381 g/mol. The summed E-state index contributed by atoms with van der Waals surface area (Å²) in [6.45, 7) is 2.74. The van der Waals surface area contributed by atoms with Gasteiger partial charge in [-0.3, -0.25) is 4.79 Å². The molecule has 1 aliphatic carbocycles. The van der Waals surface area contributed by atoms with E-state index in [9.17, 15) is 4.79 Å². The highest BCUT2D eigenvalue weighted by Gasteiger charge is 2.34. The van der Waals surface area contributed by atoms with Crippen molar-refractivity contribution in [1.29, 1.82) is 0 Å². The standard InChI is InChI=1S/C18H18Cl3N3O/c1-2-14(10-3-4-10)24-9-15(21)22-17(18(24)25)23-6-5-11-7-12(19)8-13(20)16(11)23/h7-10,14H,2-6H2,1H3. The van der Waals surface area contributed by atoms with Crippen LogP contribution in [0.2, 0.25) is 15.2 Å². The van der Waals surface area contributed by atoms with Gasteiger partial charge in [-0.2, -0.15) is 0 Å². The number of rotatable bonds is 4. The molecular formula is C18H18Cl3N3O. The Morgan fingerprint density at radius 1 is 1.28 bits per heavy atom. The molecule has 4 nitrogen and oxygen atoms in total. The van der Waals surface area contributed by atoms with Crippen LogP contribution in [0.4, 0.5) is 11.5 Å². The Bertz CT molecular complexity index is 892. The second kappa shape index (κ2) is 6.49. The van der Waals surface area contributed by atoms with Crippen molar-refractivity contribution >= 4 is 46.3 Å². The van der Waals surface area contributed by atoms with Crippen LogP contribution in [0, 0.1) is 5.92 Å². The maximum atomic E-state index is 13.2. The number of halogens is 3. The van der Waals surface area contributed by atoms with Crippen molar-refractivity contribution < 1.29 is 0 Å². The fraction of sp³-hybridized carbons (Fsp3) is 0.444. The van der Waals surface area contributed by atoms with Gasteiger partial charge in [-0.25, -0.2) is 4.98 Å². The van der Waals surface area contributed by atoms with Gasteiger partial charge in [0, 0.05) is 23.8 Å². The lowest BCUT2D eigenvalue weighted by atomic mass is 10.1. The smallest absolute Gasteiger partial charge is 0.294 e. The average Bonchev–Trinajstić information content (AvgIpc) is 3.30. The third-order valence-corrected chi connectivity index (χ3v) is 5.75. The normalized spacial score (nSPS) is 17.7. The number of benzene rings is 1. The van der Waals surface area contributed by atoms with Gasteiger partial charge in [-0.15, -0.1) is 0 Å². The number of fused-ring (bicyclic) bond motifs is 1. The lowest BCUT2D eigenvalue weighted by Gasteiger charge is -2.23. The molecule has 2 heterocycles. The molecule has 0 radical (unpaired) electrons. The van der Waals surface area contributed by atoms with E-state index in [4.69, 9.17) is 34.8 Å². The number of hydrogen-bond acceptors (Lipinski definition) is 3. The van der Waals surface area contributed by atoms with E-state index in [0.717, 1.165) is 36.9 Å². The van der Waals surface area contributed by atoms with Crippen LogP contribution < -0.4 is 10.5 Å². The molecule has 0 amide bonds. The van der Waals surface area contributed by atoms with Crippen molar-refractivity contribution in [1.82, 2.24) is 9.55 Å². The highest BCUT2D eigenvalue weighted by Crippen LogP contribution is 2.43. The Kier molecular flexibility index (Phi) is 4.47. The summed E-state index contributed by atoms with van der Waals surface area (Å²) in [4.78, 5) is 19.4. The van der Waals surface area contributed by atoms with Gasteiger partial charge < -0.3 is 9.47 Å². The van der Waals surface area contributed by atoms with Crippen molar-refractivity contribution in [3.63, 3.8) is 0 Å². The first-order valence-corrected chi connectivity index (χ1v) is 9.67. The van der Waals surface area contributed by atoms with Crippen molar-refractivity contribution in [3.8, 4) is 0 Å². The van der Waals surface area contributed by atoms with E-state index >= 15 is 0 Å². The van der Waals surface area contributed by atoms with Gasteiger partial charge in [-0.1, -0.05) is 41.7 Å². The quantitative estimate of drug-likeness (QED) is 0.705. The van der Waals surface area contributed by atoms with E-state index < -0.39 is 0 Å². The number of hydrogen-bond donors (Lipinski definition) is 0. The van der Waals surface area contributed by atoms with Crippen molar-refractivity contribution in [2.45, 2.75) is 38.6 Å². The van der Waals surface area contributed by atoms with E-state index in [1.54, 1.807) is 16.8 Å². The molecule has 0 spiro atoms. The first kappa shape index (κ1) is 17.2. The second-order valence-electron chi connectivity index (χ2n) is 6.71. The minimum Gasteiger partial charge on any atom is -0.320 e. The fourth-order valence-corrected chi connectivity index (χ4v) is 4.62. The molecule has 1 unspecified atom stereocenters. The predicted octanol–water partition coefficient (Wildman–Crippen LogP) is 5.26. The molecule has 1 saturated carbocycles. The number of aromatic nitrogens is 2. The maximum absolute atomic E-state index is 13.2. The molecule has 7 heteroatoms. The van der Waals surface area contributed by atoms with E-state index in [1.807, 2.05) is 11.0 Å². The van der Waals surface area contributed by atoms with Gasteiger partial charge >= 0.3 is 0 Å². The molecule has 1 aromatic carbocycles. The molecule has 0 saturated heterocycles. The lowest BCUT2D eigenvalue weighted by Crippen LogP contribution is -2.32. The second-order valence-corrected chi connectivity index (χ2v) is 7.94. The summed E-state index contributed by atoms with van der Waals surface area (Å²) < 4.78 is 1.77. The molecule has 4 rings (SSSR count). The zero-order chi connectivity index (χ0) is 17.7. The van der Waals surface area contributed by atoms with E-state index in [0.29, 0.717) is 33.5 Å². The number of nitrogens with zero attached hydrogens (tertiary/aromatic N) is 3. The van der Waals surface area contributed by atoms with E-state index in [2.05, 4.69) is 11.9 Å². The molecule has 1 aliphatic heterocycles. The Hall–Kier alpha value is -1.23. The van der Waals surface area contributed by atoms with Crippen molar-refractivity contribution in [2.75, 3.05) is 11.4 Å². The maximum Gasteiger partial charge on any atom is 0.294 e. The van der Waals surface area contributed by atoms with Gasteiger partial charge in [0.1, 0.15) is 5.15 Å². The van der Waals surface area contributed by atoms with Gasteiger partial charge in [0.25, 0.3) is 5.56 Å². The summed E-state index contributed by atoms with van der Waals surface area (Å²) in [5, 5.41) is 1.45. The third kappa shape index (κ3) is 3.05. The molecule has 2 aromatic rings. The lowest BCUT2D eigenvalue weighted by molar-refractivity contribution is 0.419. The highest BCUT2D eigenvalue weighted by atomic mass is 35.5. The van der Waals surface area contributed by atoms with Crippen LogP contribution in [0.15, 0.2) is 23.1 Å². The van der Waals surface area contributed by atoms with Crippen LogP contribution in [0.25, 0.3) is 0 Å². The zero-order valence-corrected chi connectivity index (χ0v) is 16.1. The molecule has 132 valence electrons. The van der Waals surface area contributed by atoms with Crippen molar-refractivity contribution in [3.05, 3.63) is 49.4 Å². The van der Waals surface area contributed by atoms with E-state index in [-0.39, 0.29) is 11.6 Å². The summed E-state index contributed by atoms with van der Waals surface area (Å²) in [6, 6.07) is 3.77. The van der Waals surface area contributed by atoms with Crippen LogP contribution in [-0.4, -0.2) is 16.1 Å². The SMILES string of the molecule is CCC(C1CC1)n1cc(Cl)nc(N2CCc3cc(Cl)cc(Cl)c32)c1=O. The molecule has 25 heavy (non-hydrogen) atoms. The first-order chi connectivity index (χ1) is 12.0. The molecule has 2 aliphatic rings. The molecule has 0 bridgehead atoms. The Morgan fingerprint density at radius 3 is 2.72 bits per heavy atom. The highest BCUT2D eigenvalue weighted by molar-refractivity contribution is 6.37. The summed E-state index contributed by atoms with van der Waals surface area (Å²) >= 11 is 18.8. The van der Waals surface area contributed by atoms with Gasteiger partial charge in [-0.05, 0) is 49.3 Å². The predicted molar refractivity (Wildman–Crippen MR) is 103 cm³/mol. The fourth-order valence-electron chi connectivity index (χ4n) is 3.80. The third-order valence-electron chi connectivity index (χ3n) is 5.06. The van der Waals surface area contributed by atoms with Crippen molar-refractivity contribution in [2.24, 2.45) is 5.92 Å². The minimum absolute atomic E-state index is 0.109. The minimum atomic E-state index is -0.109. The Morgan fingerprint density at radius 2 is 2.04 bits per heavy atom. The molecule has 1 atom stereocenters. The van der Waals surface area contributed by atoms with Crippen LogP contribution in [0.3, 0.4) is 0 Å². The first-order valence-electron chi connectivity index (χ1n) is 8.53. The topological polar surface area (TPSA) is 38.1 Å². The van der Waals surface area contributed by atoms with Crippen LogP contribution in [-0.2, 0) is 6.42 Å². The Balaban J connectivity index is 1.83. The monoisotopic (exact) mass is 397 g/mol. The zero-order valence-electron chi connectivity index (χ0n) is 13.8. The summed E-state index contributed by atoms with van der Waals surface area (Å²) in [5.41, 5.74) is 1.73. The van der Waals surface area contributed by atoms with Gasteiger partial charge in [0.2, 0.25) is 5.82 Å².